The summed E-state index contributed by atoms with van der Waals surface area (Å²) in [6.45, 7) is 9.32. The zero-order chi connectivity index (χ0) is 22.0. The molecular formula is C22H36IN5O3. The van der Waals surface area contributed by atoms with Gasteiger partial charge >= 0.3 is 0 Å². The van der Waals surface area contributed by atoms with E-state index in [0.29, 0.717) is 30.8 Å². The van der Waals surface area contributed by atoms with E-state index < -0.39 is 0 Å². The molecule has 0 aliphatic heterocycles. The molecule has 2 amide bonds. The minimum Gasteiger partial charge on any atom is -0.484 e. The molecule has 1 aromatic carbocycles. The van der Waals surface area contributed by atoms with Crippen molar-refractivity contribution in [3.63, 3.8) is 0 Å². The van der Waals surface area contributed by atoms with E-state index in [-0.39, 0.29) is 54.5 Å². The molecule has 31 heavy (non-hydrogen) atoms. The van der Waals surface area contributed by atoms with Crippen molar-refractivity contribution in [2.24, 2.45) is 4.99 Å². The van der Waals surface area contributed by atoms with E-state index in [9.17, 15) is 9.59 Å². The largest absolute Gasteiger partial charge is 0.484 e. The number of carbonyl (C=O) groups excluding carboxylic acids is 2. The highest BCUT2D eigenvalue weighted by molar-refractivity contribution is 14.0. The van der Waals surface area contributed by atoms with Crippen LogP contribution in [0.2, 0.25) is 0 Å². The van der Waals surface area contributed by atoms with Gasteiger partial charge in [-0.05, 0) is 64.7 Å². The number of nitrogens with zero attached hydrogens (tertiary/aromatic N) is 1. The first-order chi connectivity index (χ1) is 14.2. The number of hydrogen-bond donors (Lipinski definition) is 4. The van der Waals surface area contributed by atoms with Gasteiger partial charge in [0, 0.05) is 24.7 Å². The summed E-state index contributed by atoms with van der Waals surface area (Å²) < 4.78 is 5.52. The Kier molecular flexibility index (Phi) is 11.7. The molecule has 0 aromatic heterocycles. The van der Waals surface area contributed by atoms with Crippen LogP contribution >= 0.6 is 24.0 Å². The van der Waals surface area contributed by atoms with Crippen LogP contribution in [0.4, 0.5) is 0 Å². The number of rotatable bonds is 10. The number of ether oxygens (including phenoxy) is 1. The van der Waals surface area contributed by atoms with Crippen molar-refractivity contribution in [2.75, 3.05) is 26.2 Å². The summed E-state index contributed by atoms with van der Waals surface area (Å²) in [5.74, 6) is 1.11. The van der Waals surface area contributed by atoms with Gasteiger partial charge in [0.1, 0.15) is 12.3 Å². The predicted octanol–water partition coefficient (Wildman–Crippen LogP) is 1.97. The summed E-state index contributed by atoms with van der Waals surface area (Å²) in [4.78, 5) is 27.9. The van der Waals surface area contributed by atoms with Gasteiger partial charge in [0.25, 0.3) is 5.91 Å². The molecule has 4 N–H and O–H groups in total. The van der Waals surface area contributed by atoms with Crippen LogP contribution in [-0.2, 0) is 16.0 Å². The lowest BCUT2D eigenvalue weighted by Gasteiger charge is -2.20. The Morgan fingerprint density at radius 1 is 1.10 bits per heavy atom. The summed E-state index contributed by atoms with van der Waals surface area (Å²) in [6, 6.07) is 8.05. The molecule has 0 unspecified atom stereocenters. The molecule has 0 spiro atoms. The Morgan fingerprint density at radius 2 is 1.77 bits per heavy atom. The first-order valence-electron chi connectivity index (χ1n) is 10.6. The Bertz CT molecular complexity index is 728. The van der Waals surface area contributed by atoms with Crippen LogP contribution in [0.15, 0.2) is 29.3 Å². The van der Waals surface area contributed by atoms with Gasteiger partial charge < -0.3 is 26.0 Å². The van der Waals surface area contributed by atoms with Crippen molar-refractivity contribution in [1.29, 1.82) is 0 Å². The number of hydrogen-bond acceptors (Lipinski definition) is 4. The molecule has 0 saturated heterocycles. The van der Waals surface area contributed by atoms with Crippen molar-refractivity contribution in [2.45, 2.75) is 58.5 Å². The normalized spacial score (nSPS) is 13.6. The second kappa shape index (κ2) is 13.4. The fraction of sp³-hybridized carbons (Fsp3) is 0.591. The highest BCUT2D eigenvalue weighted by Gasteiger charge is 2.23. The molecule has 1 saturated carbocycles. The SMILES string of the molecule is CCNC(=NCC(=O)NC(C)(C)C)NCCc1ccc(OCC(=O)NC2CC2)cc1.I. The molecule has 2 rings (SSSR count). The summed E-state index contributed by atoms with van der Waals surface area (Å²) in [5, 5.41) is 12.2. The number of carbonyl (C=O) groups is 2. The fourth-order valence-electron chi connectivity index (χ4n) is 2.67. The average molecular weight is 545 g/mol. The van der Waals surface area contributed by atoms with Gasteiger partial charge in [0.15, 0.2) is 12.6 Å². The molecule has 1 aromatic rings. The molecule has 1 aliphatic rings. The van der Waals surface area contributed by atoms with Crippen LogP contribution in [-0.4, -0.2) is 55.6 Å². The first-order valence-corrected chi connectivity index (χ1v) is 10.6. The fourth-order valence-corrected chi connectivity index (χ4v) is 2.67. The van der Waals surface area contributed by atoms with Crippen molar-refractivity contribution < 1.29 is 14.3 Å². The molecule has 8 nitrogen and oxygen atoms in total. The van der Waals surface area contributed by atoms with Crippen molar-refractivity contribution >= 4 is 41.8 Å². The van der Waals surface area contributed by atoms with Gasteiger partial charge in [0.2, 0.25) is 5.91 Å². The second-order valence-electron chi connectivity index (χ2n) is 8.44. The van der Waals surface area contributed by atoms with Crippen molar-refractivity contribution in [3.05, 3.63) is 29.8 Å². The number of guanidine groups is 1. The third kappa shape index (κ3) is 12.4. The lowest BCUT2D eigenvalue weighted by atomic mass is 10.1. The van der Waals surface area contributed by atoms with Gasteiger partial charge in [-0.2, -0.15) is 0 Å². The monoisotopic (exact) mass is 545 g/mol. The van der Waals surface area contributed by atoms with Gasteiger partial charge in [-0.25, -0.2) is 4.99 Å². The molecule has 1 fully saturated rings. The third-order valence-electron chi connectivity index (χ3n) is 4.18. The number of nitrogens with one attached hydrogen (secondary N) is 4. The standard InChI is InChI=1S/C22H35N5O3.HI/c1-5-23-21(25-14-19(28)27-22(2,3)4)24-13-12-16-6-10-18(11-7-16)30-15-20(29)26-17-8-9-17;/h6-7,10-11,17H,5,8-9,12-15H2,1-4H3,(H,26,29)(H,27,28)(H2,23,24,25);1H. The Labute approximate surface area is 202 Å². The molecular weight excluding hydrogens is 509 g/mol. The minimum atomic E-state index is -0.269. The summed E-state index contributed by atoms with van der Waals surface area (Å²) in [7, 11) is 0. The zero-order valence-electron chi connectivity index (χ0n) is 18.9. The summed E-state index contributed by atoms with van der Waals surface area (Å²) in [5.41, 5.74) is 0.869. The summed E-state index contributed by atoms with van der Waals surface area (Å²) >= 11 is 0. The molecule has 0 atom stereocenters. The lowest BCUT2D eigenvalue weighted by molar-refractivity contribution is -0.123. The maximum atomic E-state index is 11.9. The first kappa shape index (κ1) is 27.0. The predicted molar refractivity (Wildman–Crippen MR) is 134 cm³/mol. The highest BCUT2D eigenvalue weighted by Crippen LogP contribution is 2.18. The van der Waals surface area contributed by atoms with Gasteiger partial charge in [-0.3, -0.25) is 9.59 Å². The zero-order valence-corrected chi connectivity index (χ0v) is 21.2. The van der Waals surface area contributed by atoms with Crippen LogP contribution in [0.3, 0.4) is 0 Å². The van der Waals surface area contributed by atoms with E-state index in [1.54, 1.807) is 0 Å². The molecule has 1 aliphatic carbocycles. The number of aliphatic imine (C=N–C) groups is 1. The third-order valence-corrected chi connectivity index (χ3v) is 4.18. The van der Waals surface area contributed by atoms with E-state index in [1.165, 1.54) is 0 Å². The van der Waals surface area contributed by atoms with E-state index in [2.05, 4.69) is 26.3 Å². The Hall–Kier alpha value is -2.04. The average Bonchev–Trinajstić information content (AvgIpc) is 3.48. The number of halogens is 1. The summed E-state index contributed by atoms with van der Waals surface area (Å²) in [6.07, 6.45) is 2.93. The van der Waals surface area contributed by atoms with Crippen molar-refractivity contribution in [3.8, 4) is 5.75 Å². The van der Waals surface area contributed by atoms with Gasteiger partial charge in [0.05, 0.1) is 0 Å². The molecule has 9 heteroatoms. The smallest absolute Gasteiger partial charge is 0.258 e. The van der Waals surface area contributed by atoms with E-state index in [0.717, 1.165) is 24.8 Å². The van der Waals surface area contributed by atoms with Crippen LogP contribution in [0.1, 0.15) is 46.1 Å². The Balaban J connectivity index is 0.00000480. The van der Waals surface area contributed by atoms with Gasteiger partial charge in [-0.1, -0.05) is 12.1 Å². The lowest BCUT2D eigenvalue weighted by Crippen LogP contribution is -2.43. The minimum absolute atomic E-state index is 0. The van der Waals surface area contributed by atoms with Crippen LogP contribution in [0, 0.1) is 0 Å². The van der Waals surface area contributed by atoms with Gasteiger partial charge in [-0.15, -0.1) is 24.0 Å². The molecule has 174 valence electrons. The second-order valence-corrected chi connectivity index (χ2v) is 8.44. The van der Waals surface area contributed by atoms with Crippen LogP contribution in [0.5, 0.6) is 5.75 Å². The van der Waals surface area contributed by atoms with E-state index in [4.69, 9.17) is 4.74 Å². The maximum Gasteiger partial charge on any atom is 0.258 e. The van der Waals surface area contributed by atoms with E-state index in [1.807, 2.05) is 52.0 Å². The number of amides is 2. The molecule has 0 heterocycles. The van der Waals surface area contributed by atoms with Crippen LogP contribution in [0.25, 0.3) is 0 Å². The van der Waals surface area contributed by atoms with Crippen LogP contribution < -0.4 is 26.0 Å². The number of benzene rings is 1. The topological polar surface area (TPSA) is 104 Å². The highest BCUT2D eigenvalue weighted by atomic mass is 127. The quantitative estimate of drug-likeness (QED) is 0.205. The molecule has 0 bridgehead atoms. The maximum absolute atomic E-state index is 11.9. The van der Waals surface area contributed by atoms with Crippen molar-refractivity contribution in [1.82, 2.24) is 21.3 Å². The molecule has 0 radical (unpaired) electrons. The Morgan fingerprint density at radius 3 is 2.35 bits per heavy atom. The van der Waals surface area contributed by atoms with E-state index >= 15 is 0 Å².